The number of piperidine rings is 1. The van der Waals surface area contributed by atoms with Crippen molar-refractivity contribution in [2.75, 3.05) is 38.7 Å². The number of hydrogen-bond donors (Lipinski definition) is 1. The molecule has 1 spiro atoms. The number of methoxy groups -OCH3 is 1. The van der Waals surface area contributed by atoms with Crippen molar-refractivity contribution in [1.29, 1.82) is 0 Å². The number of amides is 1. The van der Waals surface area contributed by atoms with Gasteiger partial charge in [-0.05, 0) is 37.8 Å². The minimum Gasteiger partial charge on any atom is -0.383 e. The molecule has 1 unspecified atom stereocenters. The SMILES string of the molecule is COCCN1CCCC2(CCCN2Cc2cnc(NCc3ccccc3)nc2)C1=O. The number of nitrogens with one attached hydrogen (secondary N) is 1. The Balaban J connectivity index is 1.38. The number of carbonyl (C=O) groups excluding carboxylic acids is 1. The smallest absolute Gasteiger partial charge is 0.243 e. The van der Waals surface area contributed by atoms with E-state index in [-0.39, 0.29) is 11.4 Å². The maximum atomic E-state index is 13.3. The Bertz CT molecular complexity index is 829. The van der Waals surface area contributed by atoms with Crippen molar-refractivity contribution in [3.8, 4) is 0 Å². The van der Waals surface area contributed by atoms with E-state index in [1.165, 1.54) is 5.56 Å². The van der Waals surface area contributed by atoms with Gasteiger partial charge in [0.1, 0.15) is 5.54 Å². The first kappa shape index (κ1) is 20.8. The highest BCUT2D eigenvalue weighted by Gasteiger charge is 2.50. The zero-order valence-electron chi connectivity index (χ0n) is 17.7. The molecule has 30 heavy (non-hydrogen) atoms. The highest BCUT2D eigenvalue weighted by Crippen LogP contribution is 2.39. The summed E-state index contributed by atoms with van der Waals surface area (Å²) in [6.45, 7) is 4.45. The second-order valence-corrected chi connectivity index (χ2v) is 8.20. The molecule has 2 aliphatic rings. The lowest BCUT2D eigenvalue weighted by Gasteiger charge is -2.44. The molecule has 1 amide bonds. The molecular weight excluding hydrogens is 378 g/mol. The second kappa shape index (κ2) is 9.53. The average molecular weight is 410 g/mol. The predicted octanol–water partition coefficient (Wildman–Crippen LogP) is 2.69. The van der Waals surface area contributed by atoms with Gasteiger partial charge in [0.05, 0.1) is 6.61 Å². The molecule has 1 aromatic heterocycles. The van der Waals surface area contributed by atoms with Gasteiger partial charge in [-0.15, -0.1) is 0 Å². The van der Waals surface area contributed by atoms with Crippen LogP contribution >= 0.6 is 0 Å². The fraction of sp³-hybridized carbons (Fsp3) is 0.522. The number of carbonyl (C=O) groups is 1. The van der Waals surface area contributed by atoms with Gasteiger partial charge in [0.25, 0.3) is 0 Å². The Morgan fingerprint density at radius 1 is 1.07 bits per heavy atom. The number of hydrogen-bond acceptors (Lipinski definition) is 6. The molecule has 7 heteroatoms. The number of aromatic nitrogens is 2. The van der Waals surface area contributed by atoms with E-state index in [2.05, 4.69) is 32.3 Å². The zero-order valence-corrected chi connectivity index (χ0v) is 17.7. The average Bonchev–Trinajstić information content (AvgIpc) is 3.18. The van der Waals surface area contributed by atoms with Crippen LogP contribution in [-0.4, -0.2) is 64.6 Å². The molecule has 2 aliphatic heterocycles. The summed E-state index contributed by atoms with van der Waals surface area (Å²) in [5, 5.41) is 3.26. The van der Waals surface area contributed by atoms with Crippen LogP contribution in [0, 0.1) is 0 Å². The van der Waals surface area contributed by atoms with E-state index in [1.54, 1.807) is 7.11 Å². The van der Waals surface area contributed by atoms with Crippen molar-refractivity contribution in [3.05, 3.63) is 53.9 Å². The Labute approximate surface area is 178 Å². The third kappa shape index (κ3) is 4.47. The lowest BCUT2D eigenvalue weighted by Crippen LogP contribution is -2.60. The number of rotatable bonds is 8. The number of nitrogens with zero attached hydrogens (tertiary/aromatic N) is 4. The summed E-state index contributed by atoms with van der Waals surface area (Å²) < 4.78 is 5.20. The van der Waals surface area contributed by atoms with Crippen LogP contribution in [0.1, 0.15) is 36.8 Å². The van der Waals surface area contributed by atoms with Gasteiger partial charge in [-0.3, -0.25) is 9.69 Å². The van der Waals surface area contributed by atoms with Gasteiger partial charge in [-0.2, -0.15) is 0 Å². The van der Waals surface area contributed by atoms with E-state index in [0.717, 1.165) is 44.3 Å². The van der Waals surface area contributed by atoms with Crippen LogP contribution in [0.2, 0.25) is 0 Å². The molecule has 1 N–H and O–H groups in total. The van der Waals surface area contributed by atoms with E-state index >= 15 is 0 Å². The van der Waals surface area contributed by atoms with E-state index in [9.17, 15) is 4.79 Å². The molecule has 1 atom stereocenters. The first-order chi connectivity index (χ1) is 14.7. The Morgan fingerprint density at radius 3 is 2.53 bits per heavy atom. The monoisotopic (exact) mass is 409 g/mol. The van der Waals surface area contributed by atoms with Crippen molar-refractivity contribution in [2.45, 2.75) is 44.3 Å². The topological polar surface area (TPSA) is 70.6 Å². The zero-order chi connectivity index (χ0) is 20.8. The molecule has 3 heterocycles. The quantitative estimate of drug-likeness (QED) is 0.723. The first-order valence-electron chi connectivity index (χ1n) is 10.8. The van der Waals surface area contributed by atoms with E-state index in [1.807, 2.05) is 35.5 Å². The molecular formula is C23H31N5O2. The van der Waals surface area contributed by atoms with Gasteiger partial charge < -0.3 is 15.0 Å². The predicted molar refractivity (Wildman–Crippen MR) is 116 cm³/mol. The van der Waals surface area contributed by atoms with Crippen LogP contribution in [0.3, 0.4) is 0 Å². The minimum atomic E-state index is -0.365. The van der Waals surface area contributed by atoms with E-state index < -0.39 is 0 Å². The first-order valence-corrected chi connectivity index (χ1v) is 10.8. The van der Waals surface area contributed by atoms with Gasteiger partial charge >= 0.3 is 0 Å². The molecule has 1 aromatic carbocycles. The maximum absolute atomic E-state index is 13.3. The summed E-state index contributed by atoms with van der Waals surface area (Å²) in [6, 6.07) is 10.2. The lowest BCUT2D eigenvalue weighted by atomic mass is 9.85. The molecule has 2 aromatic rings. The summed E-state index contributed by atoms with van der Waals surface area (Å²) in [5.74, 6) is 0.892. The third-order valence-corrected chi connectivity index (χ3v) is 6.26. The van der Waals surface area contributed by atoms with Crippen LogP contribution in [0.15, 0.2) is 42.7 Å². The molecule has 2 saturated heterocycles. The van der Waals surface area contributed by atoms with Crippen molar-refractivity contribution >= 4 is 11.9 Å². The molecule has 0 aliphatic carbocycles. The Kier molecular flexibility index (Phi) is 6.59. The lowest BCUT2D eigenvalue weighted by molar-refractivity contribution is -0.148. The largest absolute Gasteiger partial charge is 0.383 e. The van der Waals surface area contributed by atoms with E-state index in [0.29, 0.717) is 32.2 Å². The van der Waals surface area contributed by atoms with Gasteiger partial charge in [0.15, 0.2) is 0 Å². The summed E-state index contributed by atoms with van der Waals surface area (Å²) in [6.07, 6.45) is 7.73. The van der Waals surface area contributed by atoms with Gasteiger partial charge in [0.2, 0.25) is 11.9 Å². The van der Waals surface area contributed by atoms with E-state index in [4.69, 9.17) is 4.74 Å². The third-order valence-electron chi connectivity index (χ3n) is 6.26. The molecule has 2 fully saturated rings. The van der Waals surface area contributed by atoms with Crippen molar-refractivity contribution in [1.82, 2.24) is 19.8 Å². The number of ether oxygens (including phenoxy) is 1. The Morgan fingerprint density at radius 2 is 1.80 bits per heavy atom. The summed E-state index contributed by atoms with van der Waals surface area (Å²) in [5.41, 5.74) is 1.87. The summed E-state index contributed by atoms with van der Waals surface area (Å²) >= 11 is 0. The fourth-order valence-corrected chi connectivity index (χ4v) is 4.70. The number of benzene rings is 1. The Hall–Kier alpha value is -2.51. The molecule has 4 rings (SSSR count). The number of anilines is 1. The fourth-order valence-electron chi connectivity index (χ4n) is 4.70. The number of likely N-dealkylation sites (tertiary alicyclic amines) is 2. The molecule has 160 valence electrons. The summed E-state index contributed by atoms with van der Waals surface area (Å²) in [4.78, 5) is 26.6. The summed E-state index contributed by atoms with van der Waals surface area (Å²) in [7, 11) is 1.68. The van der Waals surface area contributed by atoms with Crippen LogP contribution in [0.5, 0.6) is 0 Å². The van der Waals surface area contributed by atoms with Crippen LogP contribution < -0.4 is 5.32 Å². The van der Waals surface area contributed by atoms with Gasteiger partial charge in [-0.25, -0.2) is 9.97 Å². The van der Waals surface area contributed by atoms with Crippen LogP contribution in [0.25, 0.3) is 0 Å². The van der Waals surface area contributed by atoms with Crippen molar-refractivity contribution in [2.24, 2.45) is 0 Å². The molecule has 0 radical (unpaired) electrons. The van der Waals surface area contributed by atoms with Gasteiger partial charge in [0, 0.05) is 51.2 Å². The van der Waals surface area contributed by atoms with Crippen molar-refractivity contribution < 1.29 is 9.53 Å². The molecule has 0 saturated carbocycles. The highest BCUT2D eigenvalue weighted by molar-refractivity contribution is 5.87. The van der Waals surface area contributed by atoms with Crippen LogP contribution in [0.4, 0.5) is 5.95 Å². The van der Waals surface area contributed by atoms with Crippen molar-refractivity contribution in [3.63, 3.8) is 0 Å². The minimum absolute atomic E-state index is 0.269. The second-order valence-electron chi connectivity index (χ2n) is 8.20. The van der Waals surface area contributed by atoms with Gasteiger partial charge in [-0.1, -0.05) is 30.3 Å². The standard InChI is InChI=1S/C23H31N5O2/c1-30-14-13-27-11-5-9-23(21(27)29)10-6-12-28(23)18-20-16-25-22(26-17-20)24-15-19-7-3-2-4-8-19/h2-4,7-8,16-17H,5-6,9-15,18H2,1H3,(H,24,25,26). The normalized spacial score (nSPS) is 22.0. The van der Waals surface area contributed by atoms with Crippen LogP contribution in [-0.2, 0) is 22.6 Å². The molecule has 0 bridgehead atoms. The highest BCUT2D eigenvalue weighted by atomic mass is 16.5. The molecule has 7 nitrogen and oxygen atoms in total. The maximum Gasteiger partial charge on any atom is 0.243 e.